The molecule has 1 aliphatic rings. The fourth-order valence-electron chi connectivity index (χ4n) is 4.09. The predicted molar refractivity (Wildman–Crippen MR) is 130 cm³/mol. The van der Waals surface area contributed by atoms with Crippen LogP contribution in [0.15, 0.2) is 53.4 Å². The molecule has 0 aromatic heterocycles. The summed E-state index contributed by atoms with van der Waals surface area (Å²) in [5.74, 6) is -0.808. The highest BCUT2D eigenvalue weighted by Crippen LogP contribution is 2.36. The average Bonchev–Trinajstić information content (AvgIpc) is 2.74. The lowest BCUT2D eigenvalue weighted by Gasteiger charge is -2.40. The van der Waals surface area contributed by atoms with Gasteiger partial charge in [-0.05, 0) is 48.1 Å². The standard InChI is InChI=1S/C23H32N2O6S2/c1-23(17-30-2)11-13-25(14-12-23)22-10-5-4-9-21(22)24-33(28,29)16-19-7-6-8-20(15-19)32(26,27)18-31-3/h4-10,15,24H,11-14,16-18H2,1-3H3. The summed E-state index contributed by atoms with van der Waals surface area (Å²) in [4.78, 5) is 2.22. The zero-order valence-electron chi connectivity index (χ0n) is 19.3. The Kier molecular flexibility index (Phi) is 8.04. The fourth-order valence-corrected chi connectivity index (χ4v) is 6.35. The number of ether oxygens (including phenoxy) is 2. The fraction of sp³-hybridized carbons (Fsp3) is 0.478. The summed E-state index contributed by atoms with van der Waals surface area (Å²) in [6.07, 6.45) is 1.90. The normalized spacial score (nSPS) is 16.5. The van der Waals surface area contributed by atoms with Crippen LogP contribution in [0.3, 0.4) is 0 Å². The molecule has 33 heavy (non-hydrogen) atoms. The Hall–Kier alpha value is -2.14. The summed E-state index contributed by atoms with van der Waals surface area (Å²) in [5, 5.41) is 0. The molecule has 0 bridgehead atoms. The second-order valence-corrected chi connectivity index (χ2v) is 12.4. The lowest BCUT2D eigenvalue weighted by molar-refractivity contribution is 0.0731. The number of nitrogens with one attached hydrogen (secondary N) is 1. The molecule has 3 rings (SSSR count). The number of sulfonamides is 1. The summed E-state index contributed by atoms with van der Waals surface area (Å²) in [7, 11) is -4.40. The molecule has 1 heterocycles. The maximum atomic E-state index is 13.0. The minimum atomic E-state index is -3.78. The lowest BCUT2D eigenvalue weighted by Crippen LogP contribution is -2.41. The van der Waals surface area contributed by atoms with Crippen molar-refractivity contribution in [3.8, 4) is 0 Å². The highest BCUT2D eigenvalue weighted by atomic mass is 32.2. The van der Waals surface area contributed by atoms with Crippen LogP contribution in [-0.4, -0.2) is 56.7 Å². The van der Waals surface area contributed by atoms with Crippen LogP contribution in [0.2, 0.25) is 0 Å². The van der Waals surface area contributed by atoms with Gasteiger partial charge in [0.2, 0.25) is 19.9 Å². The van der Waals surface area contributed by atoms with E-state index < -0.39 is 25.8 Å². The second kappa shape index (κ2) is 10.4. The van der Waals surface area contributed by atoms with Gasteiger partial charge in [0.25, 0.3) is 0 Å². The topological polar surface area (TPSA) is 102 Å². The number of rotatable bonds is 10. The van der Waals surface area contributed by atoms with Gasteiger partial charge in [-0.3, -0.25) is 4.72 Å². The van der Waals surface area contributed by atoms with Crippen molar-refractivity contribution in [3.05, 3.63) is 54.1 Å². The van der Waals surface area contributed by atoms with Gasteiger partial charge in [-0.1, -0.05) is 31.2 Å². The van der Waals surface area contributed by atoms with Gasteiger partial charge in [-0.2, -0.15) is 0 Å². The highest BCUT2D eigenvalue weighted by Gasteiger charge is 2.31. The Bertz CT molecular complexity index is 1160. The third kappa shape index (κ3) is 6.69. The van der Waals surface area contributed by atoms with Gasteiger partial charge in [-0.25, -0.2) is 16.8 Å². The summed E-state index contributed by atoms with van der Waals surface area (Å²) in [6.45, 7) is 4.52. The molecule has 0 amide bonds. The van der Waals surface area contributed by atoms with E-state index in [2.05, 4.69) is 16.5 Å². The molecule has 0 radical (unpaired) electrons. The van der Waals surface area contributed by atoms with Crippen LogP contribution in [0, 0.1) is 5.41 Å². The van der Waals surface area contributed by atoms with Crippen molar-refractivity contribution >= 4 is 31.2 Å². The number of methoxy groups -OCH3 is 2. The molecule has 182 valence electrons. The largest absolute Gasteiger partial charge is 0.384 e. The molecule has 0 spiro atoms. The van der Waals surface area contributed by atoms with Gasteiger partial charge in [-0.15, -0.1) is 0 Å². The average molecular weight is 497 g/mol. The predicted octanol–water partition coefficient (Wildman–Crippen LogP) is 3.26. The Morgan fingerprint density at radius 1 is 0.970 bits per heavy atom. The molecule has 0 atom stereocenters. The first-order valence-electron chi connectivity index (χ1n) is 10.7. The van der Waals surface area contributed by atoms with Crippen LogP contribution >= 0.6 is 0 Å². The third-order valence-electron chi connectivity index (χ3n) is 5.86. The van der Waals surface area contributed by atoms with Crippen molar-refractivity contribution in [2.45, 2.75) is 30.4 Å². The van der Waals surface area contributed by atoms with Crippen molar-refractivity contribution in [2.75, 3.05) is 49.5 Å². The molecule has 10 heteroatoms. The number of nitrogens with zero attached hydrogens (tertiary/aromatic N) is 1. The molecule has 0 saturated carbocycles. The molecule has 1 saturated heterocycles. The summed E-state index contributed by atoms with van der Waals surface area (Å²) >= 11 is 0. The van der Waals surface area contributed by atoms with Crippen molar-refractivity contribution in [1.29, 1.82) is 0 Å². The molecular formula is C23H32N2O6S2. The van der Waals surface area contributed by atoms with E-state index in [1.165, 1.54) is 25.3 Å². The zero-order chi connectivity index (χ0) is 24.1. The van der Waals surface area contributed by atoms with Crippen LogP contribution in [0.1, 0.15) is 25.3 Å². The second-order valence-electron chi connectivity index (χ2n) is 8.78. The highest BCUT2D eigenvalue weighted by molar-refractivity contribution is 7.92. The van der Waals surface area contributed by atoms with Crippen molar-refractivity contribution in [1.82, 2.24) is 0 Å². The van der Waals surface area contributed by atoms with Gasteiger partial charge in [0.15, 0.2) is 5.94 Å². The van der Waals surface area contributed by atoms with Crippen molar-refractivity contribution < 1.29 is 26.3 Å². The first-order chi connectivity index (χ1) is 15.6. The van der Waals surface area contributed by atoms with Crippen LogP contribution in [0.4, 0.5) is 11.4 Å². The van der Waals surface area contributed by atoms with Crippen LogP contribution < -0.4 is 9.62 Å². The number of hydrogen-bond donors (Lipinski definition) is 1. The number of sulfone groups is 1. The smallest absolute Gasteiger partial charge is 0.236 e. The number of hydrogen-bond acceptors (Lipinski definition) is 7. The molecular weight excluding hydrogens is 464 g/mol. The van der Waals surface area contributed by atoms with Crippen LogP contribution in [0.25, 0.3) is 0 Å². The molecule has 0 aliphatic carbocycles. The minimum Gasteiger partial charge on any atom is -0.384 e. The van der Waals surface area contributed by atoms with E-state index >= 15 is 0 Å². The Labute approximate surface area is 196 Å². The first-order valence-corrected chi connectivity index (χ1v) is 14.0. The maximum Gasteiger partial charge on any atom is 0.236 e. The van der Waals surface area contributed by atoms with Gasteiger partial charge < -0.3 is 14.4 Å². The van der Waals surface area contributed by atoms with E-state index in [9.17, 15) is 16.8 Å². The van der Waals surface area contributed by atoms with E-state index in [0.29, 0.717) is 17.9 Å². The number of para-hydroxylation sites is 2. The molecule has 2 aromatic carbocycles. The van der Waals surface area contributed by atoms with Crippen LogP contribution in [0.5, 0.6) is 0 Å². The Morgan fingerprint density at radius 3 is 2.33 bits per heavy atom. The number of benzene rings is 2. The monoisotopic (exact) mass is 496 g/mol. The van der Waals surface area contributed by atoms with Gasteiger partial charge >= 0.3 is 0 Å². The van der Waals surface area contributed by atoms with E-state index in [4.69, 9.17) is 9.47 Å². The van der Waals surface area contributed by atoms with Gasteiger partial charge in [0.05, 0.1) is 28.6 Å². The SMILES string of the molecule is COCC1(C)CCN(c2ccccc2NS(=O)(=O)Cc2cccc(S(=O)(=O)COC)c2)CC1. The van der Waals surface area contributed by atoms with Crippen molar-refractivity contribution in [2.24, 2.45) is 5.41 Å². The third-order valence-corrected chi connectivity index (χ3v) is 8.62. The Balaban J connectivity index is 1.76. The van der Waals surface area contributed by atoms with Gasteiger partial charge in [0, 0.05) is 27.3 Å². The number of piperidine rings is 1. The number of anilines is 2. The zero-order valence-corrected chi connectivity index (χ0v) is 20.9. The van der Waals surface area contributed by atoms with E-state index in [1.54, 1.807) is 25.3 Å². The quantitative estimate of drug-likeness (QED) is 0.539. The Morgan fingerprint density at radius 2 is 1.67 bits per heavy atom. The van der Waals surface area contributed by atoms with E-state index in [-0.39, 0.29) is 16.1 Å². The van der Waals surface area contributed by atoms with Crippen molar-refractivity contribution in [3.63, 3.8) is 0 Å². The molecule has 0 unspecified atom stereocenters. The molecule has 8 nitrogen and oxygen atoms in total. The molecule has 1 fully saturated rings. The van der Waals surface area contributed by atoms with Crippen LogP contribution in [-0.2, 0) is 35.1 Å². The molecule has 1 N–H and O–H groups in total. The summed E-state index contributed by atoms with van der Waals surface area (Å²) in [5.41, 5.74) is 1.84. The lowest BCUT2D eigenvalue weighted by atomic mass is 9.81. The summed E-state index contributed by atoms with van der Waals surface area (Å²) in [6, 6.07) is 13.3. The summed E-state index contributed by atoms with van der Waals surface area (Å²) < 4.78 is 63.2. The van der Waals surface area contributed by atoms with E-state index in [1.807, 2.05) is 12.1 Å². The van der Waals surface area contributed by atoms with Gasteiger partial charge in [0.1, 0.15) is 0 Å². The first kappa shape index (κ1) is 25.5. The minimum absolute atomic E-state index is 0.0323. The van der Waals surface area contributed by atoms with E-state index in [0.717, 1.165) is 31.6 Å². The molecule has 2 aromatic rings. The molecule has 1 aliphatic heterocycles. The maximum absolute atomic E-state index is 13.0.